The van der Waals surface area contributed by atoms with Crippen molar-refractivity contribution in [3.8, 4) is 0 Å². The van der Waals surface area contributed by atoms with Crippen LogP contribution in [0.4, 0.5) is 0 Å². The SMILES string of the molecule is CC(C)CC(C)NC1CCCC1(C)CO. The largest absolute Gasteiger partial charge is 0.396 e. The zero-order chi connectivity index (χ0) is 11.5. The monoisotopic (exact) mass is 213 g/mol. The molecule has 1 saturated carbocycles. The maximum absolute atomic E-state index is 9.45. The van der Waals surface area contributed by atoms with Crippen LogP contribution in [0, 0.1) is 11.3 Å². The van der Waals surface area contributed by atoms with E-state index >= 15 is 0 Å². The third-order valence-corrected chi connectivity index (χ3v) is 3.75. The zero-order valence-corrected chi connectivity index (χ0v) is 10.7. The molecule has 0 radical (unpaired) electrons. The summed E-state index contributed by atoms with van der Waals surface area (Å²) >= 11 is 0. The molecule has 1 fully saturated rings. The first-order valence-electron chi connectivity index (χ1n) is 6.35. The van der Waals surface area contributed by atoms with Crippen molar-refractivity contribution in [1.29, 1.82) is 0 Å². The molecule has 0 bridgehead atoms. The Morgan fingerprint density at radius 1 is 1.40 bits per heavy atom. The van der Waals surface area contributed by atoms with E-state index in [1.54, 1.807) is 0 Å². The van der Waals surface area contributed by atoms with Gasteiger partial charge >= 0.3 is 0 Å². The lowest BCUT2D eigenvalue weighted by molar-refractivity contribution is 0.113. The fraction of sp³-hybridized carbons (Fsp3) is 1.00. The second-order valence-electron chi connectivity index (χ2n) is 5.95. The first kappa shape index (κ1) is 13.0. The number of hydrogen-bond acceptors (Lipinski definition) is 2. The summed E-state index contributed by atoms with van der Waals surface area (Å²) in [6.07, 6.45) is 4.86. The fourth-order valence-corrected chi connectivity index (χ4v) is 2.83. The molecule has 0 aliphatic heterocycles. The van der Waals surface area contributed by atoms with E-state index in [9.17, 15) is 5.11 Å². The Labute approximate surface area is 94.5 Å². The molecule has 0 aromatic rings. The van der Waals surface area contributed by atoms with E-state index in [1.807, 2.05) is 0 Å². The second kappa shape index (κ2) is 5.31. The van der Waals surface area contributed by atoms with Crippen molar-refractivity contribution in [1.82, 2.24) is 5.32 Å². The molecule has 3 atom stereocenters. The molecule has 2 heteroatoms. The molecule has 0 saturated heterocycles. The third kappa shape index (κ3) is 3.46. The van der Waals surface area contributed by atoms with Crippen molar-refractivity contribution in [2.24, 2.45) is 11.3 Å². The lowest BCUT2D eigenvalue weighted by atomic mass is 9.85. The summed E-state index contributed by atoms with van der Waals surface area (Å²) in [4.78, 5) is 0. The number of aliphatic hydroxyl groups excluding tert-OH is 1. The summed E-state index contributed by atoms with van der Waals surface area (Å²) in [5.74, 6) is 0.745. The standard InChI is InChI=1S/C13H27NO/c1-10(2)8-11(3)14-12-6-5-7-13(12,4)9-15/h10-12,14-15H,5-9H2,1-4H3. The van der Waals surface area contributed by atoms with Gasteiger partial charge in [0.2, 0.25) is 0 Å². The summed E-state index contributed by atoms with van der Waals surface area (Å²) in [5.41, 5.74) is 0.116. The molecule has 0 aromatic carbocycles. The van der Waals surface area contributed by atoms with Crippen LogP contribution in [0.3, 0.4) is 0 Å². The van der Waals surface area contributed by atoms with Crippen LogP contribution in [0.25, 0.3) is 0 Å². The molecule has 0 heterocycles. The van der Waals surface area contributed by atoms with E-state index in [0.717, 1.165) is 12.3 Å². The Bertz CT molecular complexity index is 193. The van der Waals surface area contributed by atoms with Crippen LogP contribution in [-0.2, 0) is 0 Å². The highest BCUT2D eigenvalue weighted by molar-refractivity contribution is 4.94. The minimum atomic E-state index is 0.116. The van der Waals surface area contributed by atoms with Gasteiger partial charge < -0.3 is 10.4 Å². The quantitative estimate of drug-likeness (QED) is 0.735. The van der Waals surface area contributed by atoms with Crippen molar-refractivity contribution in [3.05, 3.63) is 0 Å². The summed E-state index contributed by atoms with van der Waals surface area (Å²) in [7, 11) is 0. The van der Waals surface area contributed by atoms with Gasteiger partial charge in [0.1, 0.15) is 0 Å². The maximum Gasteiger partial charge on any atom is 0.0499 e. The van der Waals surface area contributed by atoms with Crippen LogP contribution in [-0.4, -0.2) is 23.8 Å². The van der Waals surface area contributed by atoms with E-state index < -0.39 is 0 Å². The summed E-state index contributed by atoms with van der Waals surface area (Å²) in [6.45, 7) is 9.31. The second-order valence-corrected chi connectivity index (χ2v) is 5.95. The van der Waals surface area contributed by atoms with Crippen molar-refractivity contribution in [2.45, 2.75) is 65.5 Å². The van der Waals surface area contributed by atoms with Crippen LogP contribution < -0.4 is 5.32 Å². The predicted octanol–water partition coefficient (Wildman–Crippen LogP) is 2.56. The summed E-state index contributed by atoms with van der Waals surface area (Å²) in [5, 5.41) is 13.1. The summed E-state index contributed by atoms with van der Waals surface area (Å²) in [6, 6.07) is 1.08. The zero-order valence-electron chi connectivity index (χ0n) is 10.7. The van der Waals surface area contributed by atoms with E-state index in [2.05, 4.69) is 33.0 Å². The van der Waals surface area contributed by atoms with Crippen LogP contribution in [0.1, 0.15) is 53.4 Å². The molecule has 1 rings (SSSR count). The number of hydrogen-bond donors (Lipinski definition) is 2. The number of aliphatic hydroxyl groups is 1. The van der Waals surface area contributed by atoms with Gasteiger partial charge in [-0.15, -0.1) is 0 Å². The van der Waals surface area contributed by atoms with Crippen LogP contribution in [0.15, 0.2) is 0 Å². The van der Waals surface area contributed by atoms with Gasteiger partial charge in [-0.1, -0.05) is 27.2 Å². The molecule has 0 amide bonds. The first-order chi connectivity index (χ1) is 6.98. The van der Waals surface area contributed by atoms with Gasteiger partial charge in [0.15, 0.2) is 0 Å². The minimum absolute atomic E-state index is 0.116. The summed E-state index contributed by atoms with van der Waals surface area (Å²) < 4.78 is 0. The molecule has 1 aliphatic carbocycles. The predicted molar refractivity (Wildman–Crippen MR) is 64.9 cm³/mol. The molecule has 0 spiro atoms. The Kier molecular flexibility index (Phi) is 4.60. The molecule has 2 N–H and O–H groups in total. The van der Waals surface area contributed by atoms with Crippen LogP contribution in [0.5, 0.6) is 0 Å². The van der Waals surface area contributed by atoms with Gasteiger partial charge in [0.05, 0.1) is 0 Å². The van der Waals surface area contributed by atoms with Crippen molar-refractivity contribution < 1.29 is 5.11 Å². The first-order valence-corrected chi connectivity index (χ1v) is 6.35. The number of rotatable bonds is 5. The smallest absolute Gasteiger partial charge is 0.0499 e. The van der Waals surface area contributed by atoms with E-state index in [-0.39, 0.29) is 5.41 Å². The van der Waals surface area contributed by atoms with Crippen molar-refractivity contribution in [3.63, 3.8) is 0 Å². The third-order valence-electron chi connectivity index (χ3n) is 3.75. The Balaban J connectivity index is 2.43. The van der Waals surface area contributed by atoms with Gasteiger partial charge in [0.25, 0.3) is 0 Å². The lowest BCUT2D eigenvalue weighted by Gasteiger charge is -2.33. The van der Waals surface area contributed by atoms with E-state index in [0.29, 0.717) is 18.7 Å². The molecular weight excluding hydrogens is 186 g/mol. The molecule has 15 heavy (non-hydrogen) atoms. The molecule has 2 nitrogen and oxygen atoms in total. The van der Waals surface area contributed by atoms with Crippen LogP contribution in [0.2, 0.25) is 0 Å². The topological polar surface area (TPSA) is 32.3 Å². The Hall–Kier alpha value is -0.0800. The van der Waals surface area contributed by atoms with E-state index in [1.165, 1.54) is 19.3 Å². The highest BCUT2D eigenvalue weighted by atomic mass is 16.3. The average Bonchev–Trinajstić information content (AvgIpc) is 2.47. The molecule has 1 aliphatic rings. The van der Waals surface area contributed by atoms with Gasteiger partial charge in [-0.3, -0.25) is 0 Å². The fourth-order valence-electron chi connectivity index (χ4n) is 2.83. The highest BCUT2D eigenvalue weighted by Gasteiger charge is 2.38. The van der Waals surface area contributed by atoms with Crippen LogP contribution >= 0.6 is 0 Å². The normalized spacial score (nSPS) is 33.6. The molecule has 0 aromatic heterocycles. The van der Waals surface area contributed by atoms with E-state index in [4.69, 9.17) is 0 Å². The van der Waals surface area contributed by atoms with Gasteiger partial charge in [0, 0.05) is 24.1 Å². The van der Waals surface area contributed by atoms with Gasteiger partial charge in [-0.2, -0.15) is 0 Å². The highest BCUT2D eigenvalue weighted by Crippen LogP contribution is 2.37. The van der Waals surface area contributed by atoms with Crippen molar-refractivity contribution >= 4 is 0 Å². The average molecular weight is 213 g/mol. The van der Waals surface area contributed by atoms with Gasteiger partial charge in [-0.05, 0) is 32.1 Å². The van der Waals surface area contributed by atoms with Gasteiger partial charge in [-0.25, -0.2) is 0 Å². The molecule has 90 valence electrons. The molecular formula is C13H27NO. The minimum Gasteiger partial charge on any atom is -0.396 e. The lowest BCUT2D eigenvalue weighted by Crippen LogP contribution is -2.46. The van der Waals surface area contributed by atoms with Crippen molar-refractivity contribution in [2.75, 3.05) is 6.61 Å². The Morgan fingerprint density at radius 3 is 2.60 bits per heavy atom. The molecule has 3 unspecified atom stereocenters. The Morgan fingerprint density at radius 2 is 2.07 bits per heavy atom. The number of nitrogens with one attached hydrogen (secondary N) is 1. The maximum atomic E-state index is 9.45.